The average Bonchev–Trinajstić information content (AvgIpc) is 3.69. The quantitative estimate of drug-likeness (QED) is 0.0778. The van der Waals surface area contributed by atoms with E-state index in [4.69, 9.17) is 50.7 Å². The molecule has 2 aliphatic rings. The second-order valence-corrected chi connectivity index (χ2v) is 15.4. The van der Waals surface area contributed by atoms with Gasteiger partial charge in [0.05, 0.1) is 17.9 Å². The van der Waals surface area contributed by atoms with E-state index in [2.05, 4.69) is 56.1 Å². The van der Waals surface area contributed by atoms with Crippen molar-refractivity contribution in [1.82, 2.24) is 13.8 Å². The number of anilines is 2. The first-order chi connectivity index (χ1) is 26.7. The van der Waals surface area contributed by atoms with Gasteiger partial charge in [-0.15, -0.1) is 31.2 Å². The Kier molecular flexibility index (Phi) is 18.1. The van der Waals surface area contributed by atoms with E-state index in [-0.39, 0.29) is 54.6 Å². The van der Waals surface area contributed by atoms with Crippen LogP contribution >= 0.6 is 46.3 Å². The number of amides is 3. The van der Waals surface area contributed by atoms with Gasteiger partial charge in [-0.05, 0) is 35.4 Å². The molecule has 2 aliphatic heterocycles. The van der Waals surface area contributed by atoms with Gasteiger partial charge in [-0.2, -0.15) is 4.37 Å². The van der Waals surface area contributed by atoms with Crippen LogP contribution in [0.2, 0.25) is 0 Å². The molecular weight excluding hydrogens is 802 g/mol. The number of ether oxygens (including phenoxy) is 2. The van der Waals surface area contributed by atoms with Gasteiger partial charge in [-0.3, -0.25) is 24.2 Å². The van der Waals surface area contributed by atoms with Gasteiger partial charge in [0.15, 0.2) is 17.3 Å². The number of aromatic nitrogens is 2. The van der Waals surface area contributed by atoms with E-state index in [1.165, 1.54) is 33.5 Å². The van der Waals surface area contributed by atoms with Crippen molar-refractivity contribution in [2.75, 3.05) is 55.8 Å². The van der Waals surface area contributed by atoms with E-state index in [0.29, 0.717) is 29.3 Å². The molecule has 11 nitrogen and oxygen atoms in total. The molecule has 0 unspecified atom stereocenters. The monoisotopic (exact) mass is 848 g/mol. The van der Waals surface area contributed by atoms with Crippen LogP contribution < -0.4 is 19.3 Å². The van der Waals surface area contributed by atoms with Crippen LogP contribution in [0.5, 0.6) is 5.75 Å². The molecule has 3 aromatic rings. The second kappa shape index (κ2) is 21.9. The molecular formula is C40H48Cl3FN6O5S. The number of aryl methyl sites for hydroxylation is 2. The number of benzene rings is 2. The van der Waals surface area contributed by atoms with E-state index < -0.39 is 10.7 Å². The lowest BCUT2D eigenvalue weighted by atomic mass is 9.92. The summed E-state index contributed by atoms with van der Waals surface area (Å²) >= 11 is 17.7. The Bertz CT molecular complexity index is 1960. The lowest BCUT2D eigenvalue weighted by Gasteiger charge is -2.28. The molecule has 5 rings (SSSR count). The van der Waals surface area contributed by atoms with Gasteiger partial charge in [0.1, 0.15) is 29.9 Å². The van der Waals surface area contributed by atoms with Crippen molar-refractivity contribution in [3.63, 3.8) is 0 Å². The minimum Gasteiger partial charge on any atom is -0.481 e. The number of alkyl halides is 3. The Labute approximate surface area is 347 Å². The lowest BCUT2D eigenvalue weighted by Crippen LogP contribution is -2.39. The first-order valence-corrected chi connectivity index (χ1v) is 19.9. The molecule has 0 radical (unpaired) electrons. The highest BCUT2D eigenvalue weighted by Gasteiger charge is 2.31. The van der Waals surface area contributed by atoms with E-state index in [1.54, 1.807) is 24.2 Å². The summed E-state index contributed by atoms with van der Waals surface area (Å²) in [6, 6.07) is 8.86. The zero-order chi connectivity index (χ0) is 41.6. The molecule has 56 heavy (non-hydrogen) atoms. The molecule has 0 spiro atoms. The molecule has 0 saturated carbocycles. The van der Waals surface area contributed by atoms with E-state index in [1.807, 2.05) is 22.8 Å². The van der Waals surface area contributed by atoms with Gasteiger partial charge in [0.25, 0.3) is 11.8 Å². The van der Waals surface area contributed by atoms with Gasteiger partial charge in [0.2, 0.25) is 10.7 Å². The number of terminal acetylenes is 1. The fraction of sp³-hybridized carbons (Fsp3) is 0.425. The zero-order valence-corrected chi connectivity index (χ0v) is 35.4. The average molecular weight is 850 g/mol. The van der Waals surface area contributed by atoms with Gasteiger partial charge < -0.3 is 18.9 Å². The van der Waals surface area contributed by atoms with Crippen LogP contribution in [0.3, 0.4) is 0 Å². The molecule has 3 amide bonds. The van der Waals surface area contributed by atoms with Crippen LogP contribution in [0.15, 0.2) is 60.6 Å². The van der Waals surface area contributed by atoms with Crippen LogP contribution in [0.25, 0.3) is 0 Å². The summed E-state index contributed by atoms with van der Waals surface area (Å²) in [4.78, 5) is 43.8. The van der Waals surface area contributed by atoms with Crippen molar-refractivity contribution in [2.45, 2.75) is 58.3 Å². The maximum Gasteiger partial charge on any atom is 0.265 e. The highest BCUT2D eigenvalue weighted by Crippen LogP contribution is 2.37. The summed E-state index contributed by atoms with van der Waals surface area (Å²) in [6.07, 6.45) is 11.2. The number of fused-ring (bicyclic) bond motifs is 2. The third-order valence-electron chi connectivity index (χ3n) is 8.54. The summed E-state index contributed by atoms with van der Waals surface area (Å²) in [5.41, 5.74) is 3.92. The minimum absolute atomic E-state index is 0.0371. The number of carbonyl (C=O) groups is 3. The topological polar surface area (TPSA) is 110 Å². The molecule has 0 atom stereocenters. The summed E-state index contributed by atoms with van der Waals surface area (Å²) in [6.45, 7) is 17.3. The minimum atomic E-state index is -1.01. The number of nitrogens with zero attached hydrogens (tertiary/aromatic N) is 6. The van der Waals surface area contributed by atoms with Crippen molar-refractivity contribution in [3.8, 4) is 18.1 Å². The highest BCUT2D eigenvalue weighted by atomic mass is 35.5. The number of hydrogen-bond acceptors (Lipinski definition) is 8. The van der Waals surface area contributed by atoms with Crippen LogP contribution in [-0.4, -0.2) is 82.4 Å². The van der Waals surface area contributed by atoms with Crippen molar-refractivity contribution in [2.24, 2.45) is 10.4 Å². The van der Waals surface area contributed by atoms with Gasteiger partial charge >= 0.3 is 0 Å². The summed E-state index contributed by atoms with van der Waals surface area (Å²) < 4.78 is 31.4. The molecule has 16 heteroatoms. The molecule has 0 N–H and O–H groups in total. The predicted octanol–water partition coefficient (Wildman–Crippen LogP) is 7.23. The van der Waals surface area contributed by atoms with Crippen LogP contribution in [0, 0.1) is 23.6 Å². The van der Waals surface area contributed by atoms with Gasteiger partial charge in [-0.25, -0.2) is 9.38 Å². The molecule has 302 valence electrons. The van der Waals surface area contributed by atoms with Crippen molar-refractivity contribution in [3.05, 3.63) is 83.2 Å². The van der Waals surface area contributed by atoms with Crippen LogP contribution in [-0.2, 0) is 44.9 Å². The number of halogens is 4. The van der Waals surface area contributed by atoms with E-state index in [0.717, 1.165) is 48.4 Å². The number of carbonyl (C=O) groups excluding carboxylic acids is 3. The summed E-state index contributed by atoms with van der Waals surface area (Å²) in [5.74, 6) is 2.43. The fourth-order valence-electron chi connectivity index (χ4n) is 5.97. The first kappa shape index (κ1) is 46.2. The Morgan fingerprint density at radius 2 is 1.84 bits per heavy atom. The van der Waals surface area contributed by atoms with Crippen LogP contribution in [0.1, 0.15) is 44.6 Å². The van der Waals surface area contributed by atoms with Crippen molar-refractivity contribution < 1.29 is 28.2 Å². The number of rotatable bonds is 13. The lowest BCUT2D eigenvalue weighted by molar-refractivity contribution is -0.128. The van der Waals surface area contributed by atoms with Gasteiger partial charge in [-0.1, -0.05) is 87.2 Å². The maximum absolute atomic E-state index is 14.5. The third kappa shape index (κ3) is 11.9. The Hall–Kier alpha value is -4.19. The normalized spacial score (nSPS) is 13.9. The number of para-hydroxylation sites is 1. The first-order valence-electron chi connectivity index (χ1n) is 17.8. The van der Waals surface area contributed by atoms with Crippen LogP contribution in [0.4, 0.5) is 21.5 Å². The molecule has 2 aromatic carbocycles. The molecule has 0 fully saturated rings. The summed E-state index contributed by atoms with van der Waals surface area (Å²) in [7, 11) is 1.58. The van der Waals surface area contributed by atoms with E-state index in [9.17, 15) is 18.8 Å². The Morgan fingerprint density at radius 1 is 1.20 bits per heavy atom. The van der Waals surface area contributed by atoms with E-state index >= 15 is 0 Å². The SMILES string of the molecule is C#CCN1C(=O)COc2cc(F)c(/N=c3\snc4n3CC(C)(C)C4)cc21.C=CCN(CC=C)C(=O)C(Cl)Cl.CCc1cccc(CC)c1N(COC)C(=O)CCl. The number of methoxy groups -OCH3 is 1. The molecule has 1 aromatic heterocycles. The standard InChI is InChI=1S/C18H17FN4O2S.C14H20ClNO2.C8H11Cl2NO/c1-4-5-22-13-7-12(11(19)6-14(13)25-9-16(22)24)20-17-23-10-18(2,3)8-15(23)21-26-17;1-4-11-7-6-8-12(5-2)14(11)16(10-18-3)13(17)9-15;1-3-5-11(6-4-2)8(12)7(9)10/h1,6-7H,5,8-10H2,2-3H3;6-8H,4-5,9-10H2,1-3H3;3-4,7H,1-2,5-6H2/b20-17-;;. The molecule has 0 bridgehead atoms. The Morgan fingerprint density at radius 3 is 2.38 bits per heavy atom. The van der Waals surface area contributed by atoms with Crippen molar-refractivity contribution in [1.29, 1.82) is 0 Å². The predicted molar refractivity (Wildman–Crippen MR) is 224 cm³/mol. The number of hydrogen-bond donors (Lipinski definition) is 0. The third-order valence-corrected chi connectivity index (χ3v) is 9.92. The summed E-state index contributed by atoms with van der Waals surface area (Å²) in [5, 5.41) is 0. The zero-order valence-electron chi connectivity index (χ0n) is 32.3. The molecule has 3 heterocycles. The second-order valence-electron chi connectivity index (χ2n) is 13.3. The molecule has 0 saturated heterocycles. The van der Waals surface area contributed by atoms with Gasteiger partial charge in [0, 0.05) is 50.8 Å². The highest BCUT2D eigenvalue weighted by molar-refractivity contribution is 7.02. The molecule has 0 aliphatic carbocycles. The van der Waals surface area contributed by atoms with Crippen molar-refractivity contribution >= 4 is 81.1 Å². The Balaban J connectivity index is 0.000000245. The maximum atomic E-state index is 14.5. The smallest absolute Gasteiger partial charge is 0.265 e. The largest absolute Gasteiger partial charge is 0.481 e. The fourth-order valence-corrected chi connectivity index (χ4v) is 7.15.